The van der Waals surface area contributed by atoms with E-state index in [0.717, 1.165) is 15.7 Å². The van der Waals surface area contributed by atoms with Gasteiger partial charge in [0.2, 0.25) is 0 Å². The molecule has 0 saturated heterocycles. The highest BCUT2D eigenvalue weighted by Crippen LogP contribution is 2.32. The summed E-state index contributed by atoms with van der Waals surface area (Å²) in [6.07, 6.45) is 0. The Morgan fingerprint density at radius 2 is 1.77 bits per heavy atom. The highest BCUT2D eigenvalue weighted by Gasteiger charge is 2.17. The summed E-state index contributed by atoms with van der Waals surface area (Å²) in [7, 11) is 0. The maximum atomic E-state index is 5.87. The Bertz CT molecular complexity index is 324. The smallest absolute Gasteiger partial charge is 0.0347 e. The van der Waals surface area contributed by atoms with E-state index in [-0.39, 0.29) is 5.41 Å². The minimum Gasteiger partial charge on any atom is -0.399 e. The van der Waals surface area contributed by atoms with Gasteiger partial charge in [-0.25, -0.2) is 0 Å². The van der Waals surface area contributed by atoms with Gasteiger partial charge in [0.15, 0.2) is 0 Å². The van der Waals surface area contributed by atoms with Gasteiger partial charge < -0.3 is 5.73 Å². The Balaban J connectivity index is 3.32. The van der Waals surface area contributed by atoms with Crippen molar-refractivity contribution in [3.63, 3.8) is 0 Å². The molecule has 0 atom stereocenters. The summed E-state index contributed by atoms with van der Waals surface area (Å²) >= 11 is 3.56. The van der Waals surface area contributed by atoms with Crippen LogP contribution < -0.4 is 5.73 Å². The maximum absolute atomic E-state index is 5.87. The summed E-state index contributed by atoms with van der Waals surface area (Å²) in [5.41, 5.74) is 9.26. The van der Waals surface area contributed by atoms with Crippen molar-refractivity contribution >= 4 is 21.6 Å². The average Bonchev–Trinajstić information content (AvgIpc) is 1.94. The molecule has 0 aliphatic carbocycles. The Kier molecular flexibility index (Phi) is 2.71. The molecule has 0 heterocycles. The normalized spacial score (nSPS) is 11.8. The van der Waals surface area contributed by atoms with Crippen LogP contribution in [0.4, 0.5) is 5.69 Å². The van der Waals surface area contributed by atoms with Gasteiger partial charge in [-0.3, -0.25) is 0 Å². The number of anilines is 1. The van der Waals surface area contributed by atoms with E-state index >= 15 is 0 Å². The van der Waals surface area contributed by atoms with Crippen LogP contribution in [0.5, 0.6) is 0 Å². The van der Waals surface area contributed by atoms with Gasteiger partial charge in [0.1, 0.15) is 0 Å². The number of nitrogen functional groups attached to an aromatic ring is 1. The molecule has 0 aromatic heterocycles. The van der Waals surface area contributed by atoms with Crippen LogP contribution in [0.25, 0.3) is 0 Å². The Hall–Kier alpha value is -0.500. The second kappa shape index (κ2) is 3.33. The molecule has 0 spiro atoms. The van der Waals surface area contributed by atoms with E-state index in [0.29, 0.717) is 0 Å². The van der Waals surface area contributed by atoms with Crippen molar-refractivity contribution in [1.82, 2.24) is 0 Å². The van der Waals surface area contributed by atoms with Gasteiger partial charge in [0.25, 0.3) is 0 Å². The van der Waals surface area contributed by atoms with Gasteiger partial charge in [0.05, 0.1) is 0 Å². The molecule has 2 heteroatoms. The first-order chi connectivity index (χ1) is 5.82. The molecule has 1 nitrogen and oxygen atoms in total. The molecule has 1 aromatic rings. The minimum absolute atomic E-state index is 0.140. The van der Waals surface area contributed by atoms with Crippen LogP contribution in [0.1, 0.15) is 31.9 Å². The number of aryl methyl sites for hydroxylation is 1. The quantitative estimate of drug-likeness (QED) is 0.690. The highest BCUT2D eigenvalue weighted by atomic mass is 79.9. The van der Waals surface area contributed by atoms with Crippen LogP contribution in [0, 0.1) is 6.92 Å². The van der Waals surface area contributed by atoms with E-state index in [2.05, 4.69) is 48.8 Å². The van der Waals surface area contributed by atoms with Crippen LogP contribution in [0.2, 0.25) is 0 Å². The van der Waals surface area contributed by atoms with Crippen molar-refractivity contribution in [3.05, 3.63) is 27.7 Å². The van der Waals surface area contributed by atoms with Gasteiger partial charge in [0, 0.05) is 10.2 Å². The molecule has 72 valence electrons. The predicted octanol–water partition coefficient (Wildman–Crippen LogP) is 3.64. The number of halogens is 1. The number of hydrogen-bond acceptors (Lipinski definition) is 1. The minimum atomic E-state index is 0.140. The fraction of sp³-hybridized carbons (Fsp3) is 0.455. The van der Waals surface area contributed by atoms with Crippen LogP contribution in [0.15, 0.2) is 16.6 Å². The first kappa shape index (κ1) is 10.6. The van der Waals surface area contributed by atoms with Crippen molar-refractivity contribution in [3.8, 4) is 0 Å². The largest absolute Gasteiger partial charge is 0.399 e. The van der Waals surface area contributed by atoms with Crippen molar-refractivity contribution < 1.29 is 0 Å². The zero-order valence-corrected chi connectivity index (χ0v) is 10.2. The number of nitrogens with two attached hydrogens (primary N) is 1. The molecule has 1 rings (SSSR count). The van der Waals surface area contributed by atoms with Gasteiger partial charge in [-0.1, -0.05) is 36.7 Å². The number of benzene rings is 1. The lowest BCUT2D eigenvalue weighted by Gasteiger charge is -2.21. The van der Waals surface area contributed by atoms with Crippen LogP contribution in [-0.2, 0) is 5.41 Å². The molecule has 0 aliphatic heterocycles. The van der Waals surface area contributed by atoms with Crippen molar-refractivity contribution in [2.75, 3.05) is 5.73 Å². The highest BCUT2D eigenvalue weighted by molar-refractivity contribution is 9.10. The third-order valence-corrected chi connectivity index (χ3v) is 2.82. The molecule has 0 fully saturated rings. The average molecular weight is 242 g/mol. The lowest BCUT2D eigenvalue weighted by molar-refractivity contribution is 0.587. The molecule has 0 amide bonds. The van der Waals surface area contributed by atoms with Crippen LogP contribution in [0.3, 0.4) is 0 Å². The standard InChI is InChI=1S/C11H16BrN/c1-7-5-9(12)8(6-10(7)13)11(2,3)4/h5-6H,13H2,1-4H3. The molecule has 0 aliphatic rings. The molecule has 13 heavy (non-hydrogen) atoms. The summed E-state index contributed by atoms with van der Waals surface area (Å²) in [6, 6.07) is 4.13. The fourth-order valence-electron chi connectivity index (χ4n) is 1.26. The van der Waals surface area contributed by atoms with Gasteiger partial charge in [-0.2, -0.15) is 0 Å². The molecule has 0 bridgehead atoms. The number of hydrogen-bond donors (Lipinski definition) is 1. The number of rotatable bonds is 0. The van der Waals surface area contributed by atoms with Crippen molar-refractivity contribution in [1.29, 1.82) is 0 Å². The van der Waals surface area contributed by atoms with Gasteiger partial charge in [-0.15, -0.1) is 0 Å². The van der Waals surface area contributed by atoms with Gasteiger partial charge >= 0.3 is 0 Å². The van der Waals surface area contributed by atoms with E-state index in [1.165, 1.54) is 5.56 Å². The SMILES string of the molecule is Cc1cc(Br)c(C(C)(C)C)cc1N. The second-order valence-electron chi connectivity index (χ2n) is 4.44. The summed E-state index contributed by atoms with van der Waals surface area (Å²) in [4.78, 5) is 0. The van der Waals surface area contributed by atoms with Crippen molar-refractivity contribution in [2.45, 2.75) is 33.1 Å². The summed E-state index contributed by atoms with van der Waals surface area (Å²) < 4.78 is 1.15. The Labute approximate surface area is 88.5 Å². The first-order valence-electron chi connectivity index (χ1n) is 4.38. The van der Waals surface area contributed by atoms with Crippen molar-refractivity contribution in [2.24, 2.45) is 0 Å². The lowest BCUT2D eigenvalue weighted by atomic mass is 9.86. The molecule has 0 saturated carbocycles. The zero-order chi connectivity index (χ0) is 10.2. The fourth-order valence-corrected chi connectivity index (χ4v) is 2.32. The first-order valence-corrected chi connectivity index (χ1v) is 5.18. The molecule has 0 unspecified atom stereocenters. The zero-order valence-electron chi connectivity index (χ0n) is 8.61. The van der Waals surface area contributed by atoms with Crippen LogP contribution >= 0.6 is 15.9 Å². The summed E-state index contributed by atoms with van der Waals surface area (Å²) in [5, 5.41) is 0. The Morgan fingerprint density at radius 1 is 1.23 bits per heavy atom. The monoisotopic (exact) mass is 241 g/mol. The third kappa shape index (κ3) is 2.25. The van der Waals surface area contributed by atoms with Crippen LogP contribution in [-0.4, -0.2) is 0 Å². The molecular weight excluding hydrogens is 226 g/mol. The van der Waals surface area contributed by atoms with E-state index in [1.807, 2.05) is 6.92 Å². The maximum Gasteiger partial charge on any atom is 0.0347 e. The van der Waals surface area contributed by atoms with E-state index in [9.17, 15) is 0 Å². The van der Waals surface area contributed by atoms with E-state index in [4.69, 9.17) is 5.73 Å². The molecule has 1 aromatic carbocycles. The molecule has 0 radical (unpaired) electrons. The molecular formula is C11H16BrN. The summed E-state index contributed by atoms with van der Waals surface area (Å²) in [6.45, 7) is 8.57. The predicted molar refractivity (Wildman–Crippen MR) is 62.0 cm³/mol. The van der Waals surface area contributed by atoms with Gasteiger partial charge in [-0.05, 0) is 35.6 Å². The lowest BCUT2D eigenvalue weighted by Crippen LogP contribution is -2.12. The molecule has 2 N–H and O–H groups in total. The third-order valence-electron chi connectivity index (χ3n) is 2.16. The Morgan fingerprint density at radius 3 is 2.23 bits per heavy atom. The second-order valence-corrected chi connectivity index (χ2v) is 5.29. The van der Waals surface area contributed by atoms with E-state index in [1.54, 1.807) is 0 Å². The van der Waals surface area contributed by atoms with E-state index < -0.39 is 0 Å². The topological polar surface area (TPSA) is 26.0 Å². The summed E-state index contributed by atoms with van der Waals surface area (Å²) in [5.74, 6) is 0.